The summed E-state index contributed by atoms with van der Waals surface area (Å²) in [6.07, 6.45) is 0.644. The Kier molecular flexibility index (Phi) is 5.13. The lowest BCUT2D eigenvalue weighted by Gasteiger charge is -2.21. The number of thiophene rings is 1. The number of aromatic nitrogens is 3. The quantitative estimate of drug-likeness (QED) is 0.502. The Morgan fingerprint density at radius 1 is 1.19 bits per heavy atom. The van der Waals surface area contributed by atoms with E-state index in [1.807, 2.05) is 49.4 Å². The second-order valence-electron chi connectivity index (χ2n) is 7.90. The lowest BCUT2D eigenvalue weighted by atomic mass is 10.1. The van der Waals surface area contributed by atoms with E-state index in [-0.39, 0.29) is 24.1 Å². The largest absolute Gasteiger partial charge is 0.486 e. The van der Waals surface area contributed by atoms with E-state index in [9.17, 15) is 9.59 Å². The van der Waals surface area contributed by atoms with Crippen LogP contribution in [0.2, 0.25) is 0 Å². The Labute approximate surface area is 188 Å². The van der Waals surface area contributed by atoms with Crippen LogP contribution in [-0.4, -0.2) is 33.3 Å². The number of carbonyl (C=O) groups is 1. The molecule has 1 aliphatic heterocycles. The fraction of sp³-hybridized carbons (Fsp3) is 0.348. The fourth-order valence-corrected chi connectivity index (χ4v) is 5.03. The third kappa shape index (κ3) is 3.52. The van der Waals surface area contributed by atoms with Crippen molar-refractivity contribution in [3.05, 3.63) is 57.0 Å². The number of hydrogen-bond donors (Lipinski definition) is 1. The number of amides is 1. The maximum atomic E-state index is 13.1. The lowest BCUT2D eigenvalue weighted by molar-refractivity contribution is -0.122. The van der Waals surface area contributed by atoms with Crippen LogP contribution in [-0.2, 0) is 17.8 Å². The smallest absolute Gasteiger partial charge is 0.291 e. The molecule has 0 spiro atoms. The molecule has 0 saturated heterocycles. The van der Waals surface area contributed by atoms with Crippen LogP contribution in [0.4, 0.5) is 0 Å². The summed E-state index contributed by atoms with van der Waals surface area (Å²) in [5.74, 6) is 1.85. The molecular weight excluding hydrogens is 428 g/mol. The second kappa shape index (κ2) is 7.98. The van der Waals surface area contributed by atoms with Crippen molar-refractivity contribution in [2.24, 2.45) is 0 Å². The minimum absolute atomic E-state index is 0.144. The molecule has 0 bridgehead atoms. The molecule has 4 heterocycles. The van der Waals surface area contributed by atoms with Crippen LogP contribution in [0.5, 0.6) is 11.5 Å². The normalized spacial score (nSPS) is 14.1. The maximum absolute atomic E-state index is 13.1. The molecule has 166 valence electrons. The van der Waals surface area contributed by atoms with Crippen molar-refractivity contribution in [1.82, 2.24) is 19.5 Å². The van der Waals surface area contributed by atoms with E-state index in [2.05, 4.69) is 16.5 Å². The molecule has 5 rings (SSSR count). The fourth-order valence-electron chi connectivity index (χ4n) is 4.08. The third-order valence-electron chi connectivity index (χ3n) is 5.61. The zero-order chi connectivity index (χ0) is 22.4. The van der Waals surface area contributed by atoms with Gasteiger partial charge in [0.25, 0.3) is 5.56 Å². The molecule has 1 amide bonds. The average Bonchev–Trinajstić information content (AvgIpc) is 3.31. The predicted molar refractivity (Wildman–Crippen MR) is 123 cm³/mol. The van der Waals surface area contributed by atoms with Crippen LogP contribution in [0, 0.1) is 6.92 Å². The van der Waals surface area contributed by atoms with Gasteiger partial charge < -0.3 is 14.8 Å². The molecule has 32 heavy (non-hydrogen) atoms. The van der Waals surface area contributed by atoms with Gasteiger partial charge in [-0.05, 0) is 43.7 Å². The zero-order valence-corrected chi connectivity index (χ0v) is 19.0. The van der Waals surface area contributed by atoms with E-state index < -0.39 is 0 Å². The van der Waals surface area contributed by atoms with Gasteiger partial charge >= 0.3 is 0 Å². The van der Waals surface area contributed by atoms with Crippen LogP contribution in [0.1, 0.15) is 36.2 Å². The molecule has 1 atom stereocenters. The predicted octanol–water partition coefficient (Wildman–Crippen LogP) is 3.23. The first kappa shape index (κ1) is 20.6. The van der Waals surface area contributed by atoms with Crippen molar-refractivity contribution in [1.29, 1.82) is 0 Å². The molecule has 0 aliphatic carbocycles. The van der Waals surface area contributed by atoms with Gasteiger partial charge in [0.2, 0.25) is 5.91 Å². The van der Waals surface area contributed by atoms with E-state index in [1.54, 1.807) is 11.3 Å². The molecule has 8 nitrogen and oxygen atoms in total. The number of fused-ring (bicyclic) bond motifs is 4. The SMILES string of the molecule is CCc1nn(CC(=O)N[C@H](C)c2ccc3c(c2)OCCO3)c(=O)c2cc3sc(C)cc3n12. The Bertz CT molecular complexity index is 1400. The number of rotatable bonds is 5. The van der Waals surface area contributed by atoms with Gasteiger partial charge in [-0.2, -0.15) is 5.10 Å². The molecule has 1 aliphatic rings. The Hall–Kier alpha value is -3.33. The molecule has 0 radical (unpaired) electrons. The van der Waals surface area contributed by atoms with Gasteiger partial charge in [-0.15, -0.1) is 11.3 Å². The molecule has 1 N–H and O–H groups in total. The Balaban J connectivity index is 1.39. The first-order chi connectivity index (χ1) is 15.4. The standard InChI is InChI=1S/C23H24N4O4S/c1-4-21-25-26(23(29)17-11-20-16(27(17)21)9-13(2)32-20)12-22(28)24-14(3)15-5-6-18-19(10-15)31-8-7-30-18/h5-6,9-11,14H,4,7-8,12H2,1-3H3,(H,24,28)/t14-/m1/s1. The molecule has 0 saturated carbocycles. The van der Waals surface area contributed by atoms with E-state index in [1.165, 1.54) is 9.56 Å². The van der Waals surface area contributed by atoms with Gasteiger partial charge in [0.05, 0.1) is 16.3 Å². The van der Waals surface area contributed by atoms with Crippen LogP contribution in [0.15, 0.2) is 35.1 Å². The van der Waals surface area contributed by atoms with Gasteiger partial charge in [-0.1, -0.05) is 13.0 Å². The highest BCUT2D eigenvalue weighted by atomic mass is 32.1. The summed E-state index contributed by atoms with van der Waals surface area (Å²) in [5, 5.41) is 7.46. The molecule has 0 fully saturated rings. The van der Waals surface area contributed by atoms with Crippen molar-refractivity contribution in [3.8, 4) is 11.5 Å². The van der Waals surface area contributed by atoms with Crippen molar-refractivity contribution >= 4 is 33.0 Å². The van der Waals surface area contributed by atoms with Gasteiger partial charge in [0.1, 0.15) is 31.1 Å². The van der Waals surface area contributed by atoms with E-state index in [0.717, 1.165) is 21.6 Å². The van der Waals surface area contributed by atoms with Crippen molar-refractivity contribution < 1.29 is 14.3 Å². The second-order valence-corrected chi connectivity index (χ2v) is 9.18. The third-order valence-corrected chi connectivity index (χ3v) is 6.60. The minimum atomic E-state index is -0.280. The van der Waals surface area contributed by atoms with Crippen molar-refractivity contribution in [3.63, 3.8) is 0 Å². The van der Waals surface area contributed by atoms with E-state index >= 15 is 0 Å². The number of nitrogens with zero attached hydrogens (tertiary/aromatic N) is 3. The van der Waals surface area contributed by atoms with Crippen molar-refractivity contribution in [2.45, 2.75) is 39.8 Å². The highest BCUT2D eigenvalue weighted by molar-refractivity contribution is 7.19. The molecule has 4 aromatic rings. The first-order valence-electron chi connectivity index (χ1n) is 10.6. The van der Waals surface area contributed by atoms with Crippen LogP contribution in [0.25, 0.3) is 15.7 Å². The monoisotopic (exact) mass is 452 g/mol. The van der Waals surface area contributed by atoms with Crippen LogP contribution >= 0.6 is 11.3 Å². The minimum Gasteiger partial charge on any atom is -0.486 e. The first-order valence-corrected chi connectivity index (χ1v) is 11.5. The summed E-state index contributed by atoms with van der Waals surface area (Å²) in [4.78, 5) is 27.0. The molecule has 0 unspecified atom stereocenters. The summed E-state index contributed by atoms with van der Waals surface area (Å²) < 4.78 is 15.4. The van der Waals surface area contributed by atoms with Gasteiger partial charge in [-0.3, -0.25) is 14.0 Å². The zero-order valence-electron chi connectivity index (χ0n) is 18.2. The lowest BCUT2D eigenvalue weighted by Crippen LogP contribution is -2.36. The summed E-state index contributed by atoms with van der Waals surface area (Å²) in [6, 6.07) is 9.33. The molecule has 1 aromatic carbocycles. The maximum Gasteiger partial charge on any atom is 0.291 e. The van der Waals surface area contributed by atoms with Crippen molar-refractivity contribution in [2.75, 3.05) is 13.2 Å². The van der Waals surface area contributed by atoms with Crippen LogP contribution in [0.3, 0.4) is 0 Å². The Morgan fingerprint density at radius 2 is 1.97 bits per heavy atom. The van der Waals surface area contributed by atoms with E-state index in [0.29, 0.717) is 36.7 Å². The number of aryl methyl sites for hydroxylation is 2. The number of hydrogen-bond acceptors (Lipinski definition) is 6. The van der Waals surface area contributed by atoms with E-state index in [4.69, 9.17) is 9.47 Å². The molecular formula is C23H24N4O4S. The highest BCUT2D eigenvalue weighted by Gasteiger charge is 2.19. The highest BCUT2D eigenvalue weighted by Crippen LogP contribution is 2.32. The summed E-state index contributed by atoms with van der Waals surface area (Å²) in [5.41, 5.74) is 2.17. The summed E-state index contributed by atoms with van der Waals surface area (Å²) in [6.45, 7) is 6.82. The number of carbonyl (C=O) groups excluding carboxylic acids is 1. The van der Waals surface area contributed by atoms with Crippen LogP contribution < -0.4 is 20.3 Å². The number of nitrogens with one attached hydrogen (secondary N) is 1. The summed E-state index contributed by atoms with van der Waals surface area (Å²) >= 11 is 1.65. The van der Waals surface area contributed by atoms with Gasteiger partial charge in [0, 0.05) is 11.3 Å². The Morgan fingerprint density at radius 3 is 2.75 bits per heavy atom. The van der Waals surface area contributed by atoms with Gasteiger partial charge in [0.15, 0.2) is 11.5 Å². The molecule has 3 aromatic heterocycles. The number of benzene rings is 1. The number of ether oxygens (including phenoxy) is 2. The topological polar surface area (TPSA) is 86.9 Å². The molecule has 9 heteroatoms. The summed E-state index contributed by atoms with van der Waals surface area (Å²) in [7, 11) is 0. The average molecular weight is 453 g/mol. The van der Waals surface area contributed by atoms with Gasteiger partial charge in [-0.25, -0.2) is 4.68 Å².